The molecular weight excluding hydrogens is 279 g/mol. The molecular formula is C15H8F3N3. The maximum absolute atomic E-state index is 12.7. The van der Waals surface area contributed by atoms with Gasteiger partial charge in [-0.1, -0.05) is 12.1 Å². The Morgan fingerprint density at radius 2 is 1.81 bits per heavy atom. The minimum atomic E-state index is -4.39. The molecule has 0 bridgehead atoms. The molecule has 2 aromatic heterocycles. The number of benzene rings is 1. The highest BCUT2D eigenvalue weighted by molar-refractivity contribution is 5.63. The summed E-state index contributed by atoms with van der Waals surface area (Å²) in [5, 5.41) is 8.74. The molecule has 1 aromatic carbocycles. The van der Waals surface area contributed by atoms with Gasteiger partial charge in [-0.15, -0.1) is 0 Å². The minimum absolute atomic E-state index is 0.226. The Balaban J connectivity index is 2.06. The van der Waals surface area contributed by atoms with E-state index in [9.17, 15) is 13.2 Å². The van der Waals surface area contributed by atoms with Crippen molar-refractivity contribution in [1.29, 1.82) is 5.26 Å². The second kappa shape index (κ2) is 4.63. The maximum atomic E-state index is 12.7. The number of fused-ring (bicyclic) bond motifs is 1. The van der Waals surface area contributed by atoms with Gasteiger partial charge in [0.25, 0.3) is 0 Å². The highest BCUT2D eigenvalue weighted by Crippen LogP contribution is 2.30. The van der Waals surface area contributed by atoms with Crippen molar-refractivity contribution in [2.24, 2.45) is 0 Å². The van der Waals surface area contributed by atoms with Gasteiger partial charge in [-0.2, -0.15) is 18.4 Å². The summed E-state index contributed by atoms with van der Waals surface area (Å²) in [4.78, 5) is 4.19. The molecule has 2 heterocycles. The van der Waals surface area contributed by atoms with Crippen molar-refractivity contribution in [3.8, 4) is 17.3 Å². The molecule has 0 radical (unpaired) electrons. The van der Waals surface area contributed by atoms with E-state index in [1.165, 1.54) is 10.6 Å². The summed E-state index contributed by atoms with van der Waals surface area (Å²) in [5.74, 6) is 0. The second-order valence-corrected chi connectivity index (χ2v) is 4.49. The molecule has 104 valence electrons. The number of rotatable bonds is 1. The number of pyridine rings is 1. The van der Waals surface area contributed by atoms with E-state index in [1.807, 2.05) is 6.07 Å². The smallest absolute Gasteiger partial charge is 0.306 e. The summed E-state index contributed by atoms with van der Waals surface area (Å²) in [6.45, 7) is 0. The van der Waals surface area contributed by atoms with Crippen LogP contribution in [0, 0.1) is 11.3 Å². The van der Waals surface area contributed by atoms with E-state index < -0.39 is 11.7 Å². The van der Waals surface area contributed by atoms with Crippen molar-refractivity contribution in [3.05, 3.63) is 59.9 Å². The van der Waals surface area contributed by atoms with Crippen LogP contribution in [0.1, 0.15) is 11.1 Å². The van der Waals surface area contributed by atoms with Crippen molar-refractivity contribution in [3.63, 3.8) is 0 Å². The lowest BCUT2D eigenvalue weighted by Crippen LogP contribution is -2.05. The molecule has 21 heavy (non-hydrogen) atoms. The SMILES string of the molecule is N#Cc1ccc(-c2cn3ccc(C(F)(F)F)cc3n2)cc1. The van der Waals surface area contributed by atoms with Gasteiger partial charge >= 0.3 is 6.18 Å². The Labute approximate surface area is 117 Å². The summed E-state index contributed by atoms with van der Waals surface area (Å²) in [6, 6.07) is 10.7. The lowest BCUT2D eigenvalue weighted by atomic mass is 10.1. The number of hydrogen-bond donors (Lipinski definition) is 0. The average Bonchev–Trinajstić information content (AvgIpc) is 2.89. The first-order valence-electron chi connectivity index (χ1n) is 6.04. The number of hydrogen-bond acceptors (Lipinski definition) is 2. The van der Waals surface area contributed by atoms with Crippen LogP contribution >= 0.6 is 0 Å². The van der Waals surface area contributed by atoms with Gasteiger partial charge in [0.15, 0.2) is 0 Å². The highest BCUT2D eigenvalue weighted by atomic mass is 19.4. The predicted molar refractivity (Wildman–Crippen MR) is 70.3 cm³/mol. The molecule has 3 rings (SSSR count). The molecule has 0 aliphatic carbocycles. The van der Waals surface area contributed by atoms with E-state index in [1.54, 1.807) is 30.5 Å². The molecule has 0 unspecified atom stereocenters. The van der Waals surface area contributed by atoms with Gasteiger partial charge < -0.3 is 4.40 Å². The normalized spacial score (nSPS) is 11.5. The fourth-order valence-corrected chi connectivity index (χ4v) is 2.01. The van der Waals surface area contributed by atoms with Crippen molar-refractivity contribution < 1.29 is 13.2 Å². The molecule has 0 spiro atoms. The van der Waals surface area contributed by atoms with E-state index in [4.69, 9.17) is 5.26 Å². The van der Waals surface area contributed by atoms with E-state index in [0.29, 0.717) is 11.3 Å². The van der Waals surface area contributed by atoms with Crippen LogP contribution in [0.2, 0.25) is 0 Å². The van der Waals surface area contributed by atoms with E-state index >= 15 is 0 Å². The topological polar surface area (TPSA) is 41.1 Å². The Morgan fingerprint density at radius 1 is 1.10 bits per heavy atom. The Bertz CT molecular complexity index is 839. The van der Waals surface area contributed by atoms with Gasteiger partial charge in [0.05, 0.1) is 22.9 Å². The molecule has 0 saturated carbocycles. The predicted octanol–water partition coefficient (Wildman–Crippen LogP) is 3.89. The zero-order valence-electron chi connectivity index (χ0n) is 10.6. The van der Waals surface area contributed by atoms with Gasteiger partial charge in [-0.25, -0.2) is 4.98 Å². The summed E-state index contributed by atoms with van der Waals surface area (Å²) in [7, 11) is 0. The second-order valence-electron chi connectivity index (χ2n) is 4.49. The number of aromatic nitrogens is 2. The molecule has 3 nitrogen and oxygen atoms in total. The minimum Gasteiger partial charge on any atom is -0.306 e. The van der Waals surface area contributed by atoms with Crippen LogP contribution < -0.4 is 0 Å². The molecule has 0 amide bonds. The monoisotopic (exact) mass is 287 g/mol. The molecule has 6 heteroatoms. The largest absolute Gasteiger partial charge is 0.416 e. The first kappa shape index (κ1) is 13.2. The van der Waals surface area contributed by atoms with Crippen molar-refractivity contribution in [1.82, 2.24) is 9.38 Å². The number of nitrogens with zero attached hydrogens (tertiary/aromatic N) is 3. The van der Waals surface area contributed by atoms with E-state index in [2.05, 4.69) is 4.98 Å². The van der Waals surface area contributed by atoms with Crippen LogP contribution in [0.3, 0.4) is 0 Å². The van der Waals surface area contributed by atoms with Crippen LogP contribution in [0.5, 0.6) is 0 Å². The van der Waals surface area contributed by atoms with Crippen molar-refractivity contribution >= 4 is 5.65 Å². The zero-order chi connectivity index (χ0) is 15.0. The van der Waals surface area contributed by atoms with Gasteiger partial charge in [-0.05, 0) is 24.3 Å². The van der Waals surface area contributed by atoms with Crippen molar-refractivity contribution in [2.75, 3.05) is 0 Å². The number of nitriles is 1. The summed E-state index contributed by atoms with van der Waals surface area (Å²) < 4.78 is 39.5. The first-order chi connectivity index (χ1) is 9.97. The zero-order valence-corrected chi connectivity index (χ0v) is 10.6. The third-order valence-electron chi connectivity index (χ3n) is 3.10. The summed E-state index contributed by atoms with van der Waals surface area (Å²) >= 11 is 0. The molecule has 0 aliphatic heterocycles. The Morgan fingerprint density at radius 3 is 2.43 bits per heavy atom. The third-order valence-corrected chi connectivity index (χ3v) is 3.10. The van der Waals surface area contributed by atoms with Gasteiger partial charge in [-0.3, -0.25) is 0 Å². The molecule has 0 fully saturated rings. The average molecular weight is 287 g/mol. The number of alkyl halides is 3. The molecule has 0 atom stereocenters. The van der Waals surface area contributed by atoms with Crippen LogP contribution in [0.4, 0.5) is 13.2 Å². The lowest BCUT2D eigenvalue weighted by molar-refractivity contribution is -0.137. The van der Waals surface area contributed by atoms with Crippen LogP contribution in [-0.4, -0.2) is 9.38 Å². The van der Waals surface area contributed by atoms with Crippen molar-refractivity contribution in [2.45, 2.75) is 6.18 Å². The number of imidazole rings is 1. The quantitative estimate of drug-likeness (QED) is 0.681. The van der Waals surface area contributed by atoms with E-state index in [0.717, 1.165) is 17.7 Å². The van der Waals surface area contributed by atoms with Crippen LogP contribution in [-0.2, 0) is 6.18 Å². The van der Waals surface area contributed by atoms with Gasteiger partial charge in [0.1, 0.15) is 5.65 Å². The first-order valence-corrected chi connectivity index (χ1v) is 6.04. The standard InChI is InChI=1S/C15H8F3N3/c16-15(17,18)12-5-6-21-9-13(20-14(21)7-12)11-3-1-10(8-19)2-4-11/h1-7,9H. The Hall–Kier alpha value is -2.81. The van der Waals surface area contributed by atoms with E-state index in [-0.39, 0.29) is 5.65 Å². The van der Waals surface area contributed by atoms with Crippen LogP contribution in [0.25, 0.3) is 16.9 Å². The molecule has 3 aromatic rings. The lowest BCUT2D eigenvalue weighted by Gasteiger charge is -2.05. The maximum Gasteiger partial charge on any atom is 0.416 e. The molecule has 0 N–H and O–H groups in total. The highest BCUT2D eigenvalue weighted by Gasteiger charge is 2.30. The summed E-state index contributed by atoms with van der Waals surface area (Å²) in [6.07, 6.45) is -1.41. The third kappa shape index (κ3) is 2.46. The molecule has 0 saturated heterocycles. The fraction of sp³-hybridized carbons (Fsp3) is 0.0667. The van der Waals surface area contributed by atoms with Crippen LogP contribution in [0.15, 0.2) is 48.8 Å². The van der Waals surface area contributed by atoms with Gasteiger partial charge in [0.2, 0.25) is 0 Å². The fourth-order valence-electron chi connectivity index (χ4n) is 2.01. The summed E-state index contributed by atoms with van der Waals surface area (Å²) in [5.41, 5.74) is 1.31. The Kier molecular flexibility index (Phi) is 2.91. The number of halogens is 3. The molecule has 0 aliphatic rings. The van der Waals surface area contributed by atoms with Gasteiger partial charge in [0, 0.05) is 18.0 Å².